The van der Waals surface area contributed by atoms with Crippen molar-refractivity contribution in [3.8, 4) is 0 Å². The predicted molar refractivity (Wildman–Crippen MR) is 72.4 cm³/mol. The van der Waals surface area contributed by atoms with E-state index < -0.39 is 0 Å². The number of aromatic nitrogens is 2. The molecule has 1 aromatic carbocycles. The average molecular weight is 241 g/mol. The molecular weight excluding hydrogens is 222 g/mol. The third-order valence-corrected chi connectivity index (χ3v) is 3.70. The van der Waals surface area contributed by atoms with Gasteiger partial charge in [0.2, 0.25) is 0 Å². The molecule has 0 aliphatic carbocycles. The van der Waals surface area contributed by atoms with E-state index in [9.17, 15) is 0 Å². The van der Waals surface area contributed by atoms with Crippen molar-refractivity contribution >= 4 is 0 Å². The van der Waals surface area contributed by atoms with Gasteiger partial charge in [-0.15, -0.1) is 0 Å². The van der Waals surface area contributed by atoms with Crippen molar-refractivity contribution in [3.63, 3.8) is 0 Å². The molecule has 2 N–H and O–H groups in total. The Kier molecular flexibility index (Phi) is 2.92. The zero-order valence-electron chi connectivity index (χ0n) is 10.8. The maximum Gasteiger partial charge on any atom is 0.114 e. The first kappa shape index (κ1) is 11.5. The molecule has 1 atom stereocenters. The van der Waals surface area contributed by atoms with Crippen LogP contribution in [0.4, 0.5) is 0 Å². The highest BCUT2D eigenvalue weighted by Crippen LogP contribution is 2.24. The van der Waals surface area contributed by atoms with Gasteiger partial charge in [-0.1, -0.05) is 29.8 Å². The SMILES string of the molecule is Cc1ccc(Cc2ncc3n2C(N)CCC3)cc1. The van der Waals surface area contributed by atoms with Crippen molar-refractivity contribution in [1.82, 2.24) is 9.55 Å². The number of imidazole rings is 1. The van der Waals surface area contributed by atoms with Gasteiger partial charge in [0.05, 0.1) is 6.17 Å². The maximum absolute atomic E-state index is 6.19. The molecule has 18 heavy (non-hydrogen) atoms. The Hall–Kier alpha value is -1.61. The van der Waals surface area contributed by atoms with Crippen molar-refractivity contribution in [1.29, 1.82) is 0 Å². The summed E-state index contributed by atoms with van der Waals surface area (Å²) in [6, 6.07) is 8.64. The highest BCUT2D eigenvalue weighted by Gasteiger charge is 2.19. The van der Waals surface area contributed by atoms with Crippen LogP contribution in [0.25, 0.3) is 0 Å². The first-order valence-corrected chi connectivity index (χ1v) is 6.60. The lowest BCUT2D eigenvalue weighted by atomic mass is 10.1. The molecule has 3 heteroatoms. The number of aryl methyl sites for hydroxylation is 2. The summed E-state index contributed by atoms with van der Waals surface area (Å²) in [6.07, 6.45) is 6.31. The molecular formula is C15H19N3. The average Bonchev–Trinajstić information content (AvgIpc) is 2.77. The molecule has 0 radical (unpaired) electrons. The molecule has 0 spiro atoms. The van der Waals surface area contributed by atoms with Crippen LogP contribution in [0.15, 0.2) is 30.5 Å². The number of nitrogens with zero attached hydrogens (tertiary/aromatic N) is 2. The maximum atomic E-state index is 6.19. The Morgan fingerprint density at radius 1 is 1.33 bits per heavy atom. The number of hydrogen-bond donors (Lipinski definition) is 1. The topological polar surface area (TPSA) is 43.8 Å². The third kappa shape index (κ3) is 2.06. The molecule has 0 saturated heterocycles. The van der Waals surface area contributed by atoms with Crippen LogP contribution in [0.5, 0.6) is 0 Å². The van der Waals surface area contributed by atoms with E-state index in [-0.39, 0.29) is 6.17 Å². The molecule has 1 unspecified atom stereocenters. The molecule has 1 aliphatic rings. The Morgan fingerprint density at radius 2 is 2.11 bits per heavy atom. The van der Waals surface area contributed by atoms with Crippen LogP contribution >= 0.6 is 0 Å². The van der Waals surface area contributed by atoms with E-state index in [1.165, 1.54) is 23.2 Å². The van der Waals surface area contributed by atoms with Crippen LogP contribution in [0, 0.1) is 6.92 Å². The predicted octanol–water partition coefficient (Wildman–Crippen LogP) is 2.58. The van der Waals surface area contributed by atoms with Gasteiger partial charge in [0, 0.05) is 18.3 Å². The monoisotopic (exact) mass is 241 g/mol. The number of nitrogens with two attached hydrogens (primary N) is 1. The summed E-state index contributed by atoms with van der Waals surface area (Å²) in [5, 5.41) is 0. The van der Waals surface area contributed by atoms with Crippen LogP contribution in [-0.2, 0) is 12.8 Å². The van der Waals surface area contributed by atoms with Gasteiger partial charge in [-0.3, -0.25) is 0 Å². The Balaban J connectivity index is 1.89. The van der Waals surface area contributed by atoms with Crippen LogP contribution in [0.1, 0.15) is 41.7 Å². The Labute approximate surface area is 108 Å². The molecule has 1 aliphatic heterocycles. The van der Waals surface area contributed by atoms with Gasteiger partial charge in [-0.05, 0) is 31.7 Å². The van der Waals surface area contributed by atoms with Gasteiger partial charge in [0.15, 0.2) is 0 Å². The van der Waals surface area contributed by atoms with Crippen molar-refractivity contribution in [2.45, 2.75) is 38.8 Å². The normalized spacial score (nSPS) is 18.7. The molecule has 1 aromatic heterocycles. The molecule has 0 amide bonds. The number of benzene rings is 1. The summed E-state index contributed by atoms with van der Waals surface area (Å²) >= 11 is 0. The van der Waals surface area contributed by atoms with Crippen LogP contribution in [-0.4, -0.2) is 9.55 Å². The van der Waals surface area contributed by atoms with Gasteiger partial charge >= 0.3 is 0 Å². The first-order chi connectivity index (χ1) is 8.74. The van der Waals surface area contributed by atoms with E-state index in [1.54, 1.807) is 0 Å². The molecule has 0 fully saturated rings. The smallest absolute Gasteiger partial charge is 0.114 e. The molecule has 3 nitrogen and oxygen atoms in total. The summed E-state index contributed by atoms with van der Waals surface area (Å²) in [6.45, 7) is 2.11. The standard InChI is InChI=1S/C15H19N3/c1-11-5-7-12(8-6-11)9-15-17-10-13-3-2-4-14(16)18(13)15/h5-8,10,14H,2-4,9,16H2,1H3. The summed E-state index contributed by atoms with van der Waals surface area (Å²) in [5.41, 5.74) is 10.1. The highest BCUT2D eigenvalue weighted by atomic mass is 15.2. The van der Waals surface area contributed by atoms with Crippen LogP contribution in [0.3, 0.4) is 0 Å². The van der Waals surface area contributed by atoms with Gasteiger partial charge in [-0.2, -0.15) is 0 Å². The minimum Gasteiger partial charge on any atom is -0.316 e. The summed E-state index contributed by atoms with van der Waals surface area (Å²) in [5.74, 6) is 1.10. The minimum absolute atomic E-state index is 0.108. The van der Waals surface area contributed by atoms with E-state index in [0.29, 0.717) is 0 Å². The zero-order chi connectivity index (χ0) is 12.5. The van der Waals surface area contributed by atoms with Gasteiger partial charge in [-0.25, -0.2) is 4.98 Å². The minimum atomic E-state index is 0.108. The summed E-state index contributed by atoms with van der Waals surface area (Å²) < 4.78 is 2.23. The molecule has 0 bridgehead atoms. The fourth-order valence-electron chi connectivity index (χ4n) is 2.67. The molecule has 0 saturated carbocycles. The second-order valence-corrected chi connectivity index (χ2v) is 5.16. The molecule has 2 aromatic rings. The molecule has 2 heterocycles. The van der Waals surface area contributed by atoms with Gasteiger partial charge < -0.3 is 10.3 Å². The Bertz CT molecular complexity index is 539. The van der Waals surface area contributed by atoms with Crippen LogP contribution in [0.2, 0.25) is 0 Å². The van der Waals surface area contributed by atoms with Crippen LogP contribution < -0.4 is 5.73 Å². The lowest BCUT2D eigenvalue weighted by Crippen LogP contribution is -2.26. The number of rotatable bonds is 2. The van der Waals surface area contributed by atoms with E-state index in [1.807, 2.05) is 6.20 Å². The van der Waals surface area contributed by atoms with Crippen molar-refractivity contribution in [2.75, 3.05) is 0 Å². The quantitative estimate of drug-likeness (QED) is 0.878. The number of hydrogen-bond acceptors (Lipinski definition) is 2. The number of fused-ring (bicyclic) bond motifs is 1. The highest BCUT2D eigenvalue weighted by molar-refractivity contribution is 5.25. The lowest BCUT2D eigenvalue weighted by molar-refractivity contribution is 0.403. The first-order valence-electron chi connectivity index (χ1n) is 6.60. The zero-order valence-corrected chi connectivity index (χ0v) is 10.8. The van der Waals surface area contributed by atoms with Crippen molar-refractivity contribution in [2.24, 2.45) is 5.73 Å². The molecule has 3 rings (SSSR count). The van der Waals surface area contributed by atoms with E-state index in [0.717, 1.165) is 25.1 Å². The third-order valence-electron chi connectivity index (χ3n) is 3.70. The fourth-order valence-corrected chi connectivity index (χ4v) is 2.67. The Morgan fingerprint density at radius 3 is 2.89 bits per heavy atom. The second kappa shape index (κ2) is 4.58. The van der Waals surface area contributed by atoms with E-state index in [2.05, 4.69) is 40.7 Å². The van der Waals surface area contributed by atoms with Gasteiger partial charge in [0.25, 0.3) is 0 Å². The summed E-state index contributed by atoms with van der Waals surface area (Å²) in [7, 11) is 0. The van der Waals surface area contributed by atoms with Crippen molar-refractivity contribution in [3.05, 3.63) is 53.1 Å². The fraction of sp³-hybridized carbons (Fsp3) is 0.400. The van der Waals surface area contributed by atoms with E-state index in [4.69, 9.17) is 5.73 Å². The molecule has 94 valence electrons. The second-order valence-electron chi connectivity index (χ2n) is 5.16. The summed E-state index contributed by atoms with van der Waals surface area (Å²) in [4.78, 5) is 4.55. The lowest BCUT2D eigenvalue weighted by Gasteiger charge is -2.23. The van der Waals surface area contributed by atoms with E-state index >= 15 is 0 Å². The van der Waals surface area contributed by atoms with Crippen molar-refractivity contribution < 1.29 is 0 Å². The largest absolute Gasteiger partial charge is 0.316 e. The van der Waals surface area contributed by atoms with Gasteiger partial charge in [0.1, 0.15) is 5.82 Å².